The topological polar surface area (TPSA) is 61.5 Å². The highest BCUT2D eigenvalue weighted by Gasteiger charge is 2.12. The van der Waals surface area contributed by atoms with E-state index in [2.05, 4.69) is 22.0 Å². The summed E-state index contributed by atoms with van der Waals surface area (Å²) in [5, 5.41) is 5.24. The van der Waals surface area contributed by atoms with Crippen molar-refractivity contribution >= 4 is 17.5 Å². The van der Waals surface area contributed by atoms with Crippen molar-refractivity contribution in [2.45, 2.75) is 12.1 Å². The molecule has 0 fully saturated rings. The summed E-state index contributed by atoms with van der Waals surface area (Å²) < 4.78 is 12.4. The van der Waals surface area contributed by atoms with Crippen LogP contribution in [0.3, 0.4) is 0 Å². The minimum Gasteiger partial charge on any atom is -0.493 e. The first-order valence-corrected chi connectivity index (χ1v) is 7.82. The van der Waals surface area contributed by atoms with E-state index in [-0.39, 0.29) is 0 Å². The molecular formula is C15H16N4O2S. The summed E-state index contributed by atoms with van der Waals surface area (Å²) in [4.78, 5) is 8.68. The Morgan fingerprint density at radius 1 is 1.14 bits per heavy atom. The van der Waals surface area contributed by atoms with Crippen molar-refractivity contribution in [1.29, 1.82) is 0 Å². The van der Waals surface area contributed by atoms with E-state index in [4.69, 9.17) is 9.47 Å². The molecule has 0 aliphatic rings. The van der Waals surface area contributed by atoms with E-state index < -0.39 is 0 Å². The molecule has 0 N–H and O–H groups in total. The van der Waals surface area contributed by atoms with Crippen LogP contribution in [0.5, 0.6) is 11.5 Å². The number of ether oxygens (including phenoxy) is 2. The fourth-order valence-electron chi connectivity index (χ4n) is 2.18. The third kappa shape index (κ3) is 2.59. The molecule has 0 aliphatic carbocycles. The Kier molecular flexibility index (Phi) is 4.15. The van der Waals surface area contributed by atoms with E-state index in [0.29, 0.717) is 17.3 Å². The number of aromatic nitrogens is 4. The van der Waals surface area contributed by atoms with Gasteiger partial charge in [-0.05, 0) is 30.0 Å². The molecule has 7 heteroatoms. The molecule has 0 atom stereocenters. The summed E-state index contributed by atoms with van der Waals surface area (Å²) in [6.07, 6.45) is 1.73. The minimum atomic E-state index is 0.586. The summed E-state index contributed by atoms with van der Waals surface area (Å²) in [6, 6.07) is 7.66. The third-order valence-corrected chi connectivity index (χ3v) is 3.89. The Morgan fingerprint density at radius 2 is 1.95 bits per heavy atom. The molecule has 0 radical (unpaired) electrons. The molecule has 2 aromatic heterocycles. The van der Waals surface area contributed by atoms with Gasteiger partial charge in [-0.3, -0.25) is 0 Å². The first-order valence-electron chi connectivity index (χ1n) is 6.83. The number of thioether (sulfide) groups is 1. The summed E-state index contributed by atoms with van der Waals surface area (Å²) in [5.74, 6) is 2.87. The molecule has 22 heavy (non-hydrogen) atoms. The van der Waals surface area contributed by atoms with Gasteiger partial charge in [0, 0.05) is 11.8 Å². The van der Waals surface area contributed by atoms with Crippen molar-refractivity contribution in [3.05, 3.63) is 30.5 Å². The maximum absolute atomic E-state index is 5.36. The van der Waals surface area contributed by atoms with Crippen LogP contribution in [0.25, 0.3) is 17.0 Å². The fourth-order valence-corrected chi connectivity index (χ4v) is 2.72. The summed E-state index contributed by atoms with van der Waals surface area (Å²) in [6.45, 7) is 2.07. The number of benzene rings is 1. The van der Waals surface area contributed by atoms with Crippen LogP contribution in [0, 0.1) is 0 Å². The van der Waals surface area contributed by atoms with Gasteiger partial charge in [0.15, 0.2) is 11.5 Å². The Labute approximate surface area is 132 Å². The van der Waals surface area contributed by atoms with Gasteiger partial charge >= 0.3 is 0 Å². The van der Waals surface area contributed by atoms with Crippen LogP contribution in [0.1, 0.15) is 6.92 Å². The lowest BCUT2D eigenvalue weighted by molar-refractivity contribution is 0.355. The van der Waals surface area contributed by atoms with Crippen molar-refractivity contribution in [3.63, 3.8) is 0 Å². The minimum absolute atomic E-state index is 0.586. The number of methoxy groups -OCH3 is 2. The van der Waals surface area contributed by atoms with Gasteiger partial charge < -0.3 is 9.47 Å². The molecule has 0 bridgehead atoms. The first-order chi connectivity index (χ1) is 10.8. The molecule has 0 saturated carbocycles. The lowest BCUT2D eigenvalue weighted by Gasteiger charge is -2.10. The van der Waals surface area contributed by atoms with Gasteiger partial charge in [-0.25, -0.2) is 4.98 Å². The maximum Gasteiger partial charge on any atom is 0.253 e. The van der Waals surface area contributed by atoms with E-state index in [9.17, 15) is 0 Å². The van der Waals surface area contributed by atoms with Crippen molar-refractivity contribution in [2.75, 3.05) is 20.0 Å². The normalized spacial score (nSPS) is 10.9. The van der Waals surface area contributed by atoms with Crippen LogP contribution in [0.2, 0.25) is 0 Å². The van der Waals surface area contributed by atoms with Gasteiger partial charge in [-0.2, -0.15) is 9.50 Å². The van der Waals surface area contributed by atoms with Crippen molar-refractivity contribution in [2.24, 2.45) is 0 Å². The van der Waals surface area contributed by atoms with E-state index in [0.717, 1.165) is 22.2 Å². The van der Waals surface area contributed by atoms with Crippen molar-refractivity contribution in [3.8, 4) is 22.8 Å². The number of rotatable bonds is 5. The van der Waals surface area contributed by atoms with Gasteiger partial charge in [-0.15, -0.1) is 5.10 Å². The van der Waals surface area contributed by atoms with Gasteiger partial charge in [0.2, 0.25) is 5.16 Å². The second-order valence-electron chi connectivity index (χ2n) is 4.44. The Balaban J connectivity index is 2.13. The number of hydrogen-bond donors (Lipinski definition) is 0. The summed E-state index contributed by atoms with van der Waals surface area (Å²) in [7, 11) is 3.24. The van der Waals surface area contributed by atoms with Crippen LogP contribution in [-0.2, 0) is 0 Å². The smallest absolute Gasteiger partial charge is 0.253 e. The molecule has 0 spiro atoms. The van der Waals surface area contributed by atoms with Crippen molar-refractivity contribution in [1.82, 2.24) is 19.6 Å². The summed E-state index contributed by atoms with van der Waals surface area (Å²) >= 11 is 1.59. The average molecular weight is 316 g/mol. The zero-order valence-electron chi connectivity index (χ0n) is 12.6. The molecule has 3 aromatic rings. The molecule has 0 saturated heterocycles. The molecule has 114 valence electrons. The molecule has 1 aromatic carbocycles. The van der Waals surface area contributed by atoms with Crippen LogP contribution < -0.4 is 9.47 Å². The van der Waals surface area contributed by atoms with Crippen LogP contribution in [0.4, 0.5) is 0 Å². The van der Waals surface area contributed by atoms with Crippen LogP contribution in [-0.4, -0.2) is 39.6 Å². The standard InChI is InChI=1S/C15H16N4O2S/c1-4-22-15-17-14-16-8-7-11(19(14)18-15)10-5-6-12(20-2)13(9-10)21-3/h5-9H,4H2,1-3H3. The van der Waals surface area contributed by atoms with E-state index in [1.807, 2.05) is 24.3 Å². The predicted molar refractivity (Wildman–Crippen MR) is 85.7 cm³/mol. The third-order valence-electron chi connectivity index (χ3n) is 3.17. The monoisotopic (exact) mass is 316 g/mol. The van der Waals surface area contributed by atoms with Crippen LogP contribution >= 0.6 is 11.8 Å². The largest absolute Gasteiger partial charge is 0.493 e. The van der Waals surface area contributed by atoms with Gasteiger partial charge in [-0.1, -0.05) is 18.7 Å². The molecule has 3 rings (SSSR count). The summed E-state index contributed by atoms with van der Waals surface area (Å²) in [5.41, 5.74) is 1.87. The van der Waals surface area contributed by atoms with Crippen LogP contribution in [0.15, 0.2) is 35.6 Å². The zero-order valence-corrected chi connectivity index (χ0v) is 13.4. The number of nitrogens with zero attached hydrogens (tertiary/aromatic N) is 4. The van der Waals surface area contributed by atoms with Gasteiger partial charge in [0.25, 0.3) is 5.78 Å². The Morgan fingerprint density at radius 3 is 2.68 bits per heavy atom. The molecule has 6 nitrogen and oxygen atoms in total. The molecule has 2 heterocycles. The Bertz CT molecular complexity index is 803. The second-order valence-corrected chi connectivity index (χ2v) is 5.67. The van der Waals surface area contributed by atoms with E-state index in [1.54, 1.807) is 36.7 Å². The molecule has 0 amide bonds. The lowest BCUT2D eigenvalue weighted by atomic mass is 10.1. The Hall–Kier alpha value is -2.28. The molecule has 0 unspecified atom stereocenters. The van der Waals surface area contributed by atoms with Gasteiger partial charge in [0.05, 0.1) is 19.9 Å². The SMILES string of the molecule is CCSc1nc2nccc(-c3ccc(OC)c(OC)c3)n2n1. The zero-order chi connectivity index (χ0) is 15.5. The maximum atomic E-state index is 5.36. The lowest BCUT2D eigenvalue weighted by Crippen LogP contribution is -1.97. The van der Waals surface area contributed by atoms with E-state index in [1.165, 1.54) is 0 Å². The fraction of sp³-hybridized carbons (Fsp3) is 0.267. The first kappa shape index (κ1) is 14.6. The van der Waals surface area contributed by atoms with Crippen molar-refractivity contribution < 1.29 is 9.47 Å². The predicted octanol–water partition coefficient (Wildman–Crippen LogP) is 2.92. The molecular weight excluding hydrogens is 300 g/mol. The second kappa shape index (κ2) is 6.23. The highest BCUT2D eigenvalue weighted by Crippen LogP contribution is 2.32. The highest BCUT2D eigenvalue weighted by molar-refractivity contribution is 7.99. The van der Waals surface area contributed by atoms with Gasteiger partial charge in [0.1, 0.15) is 0 Å². The average Bonchev–Trinajstić information content (AvgIpc) is 2.97. The number of hydrogen-bond acceptors (Lipinski definition) is 6. The number of fused-ring (bicyclic) bond motifs is 1. The van der Waals surface area contributed by atoms with E-state index >= 15 is 0 Å². The quantitative estimate of drug-likeness (QED) is 0.675. The highest BCUT2D eigenvalue weighted by atomic mass is 32.2. The molecule has 0 aliphatic heterocycles.